The smallest absolute Gasteiger partial charge is 0.257 e. The lowest BCUT2D eigenvalue weighted by atomic mass is 10.1. The van der Waals surface area contributed by atoms with Gasteiger partial charge in [-0.05, 0) is 48.9 Å². The third-order valence-corrected chi connectivity index (χ3v) is 4.78. The number of rotatable bonds is 4. The van der Waals surface area contributed by atoms with E-state index >= 15 is 0 Å². The predicted octanol–water partition coefficient (Wildman–Crippen LogP) is 5.81. The quantitative estimate of drug-likeness (QED) is 0.582. The van der Waals surface area contributed by atoms with Crippen molar-refractivity contribution in [3.05, 3.63) is 93.5 Å². The highest BCUT2D eigenvalue weighted by atomic mass is 35.5. The van der Waals surface area contributed by atoms with Gasteiger partial charge in [0.2, 0.25) is 0 Å². The number of amides is 2. The van der Waals surface area contributed by atoms with Crippen molar-refractivity contribution in [3.8, 4) is 0 Å². The lowest BCUT2D eigenvalue weighted by molar-refractivity contribution is 0.101. The van der Waals surface area contributed by atoms with E-state index in [9.17, 15) is 9.59 Å². The summed E-state index contributed by atoms with van der Waals surface area (Å²) in [5, 5.41) is 6.10. The second-order valence-corrected chi connectivity index (χ2v) is 6.69. The monoisotopic (exact) mass is 398 g/mol. The number of nitrogens with one attached hydrogen (secondary N) is 2. The average Bonchev–Trinajstić information content (AvgIpc) is 2.64. The van der Waals surface area contributed by atoms with Gasteiger partial charge in [0.25, 0.3) is 11.8 Å². The third-order valence-electron chi connectivity index (χ3n) is 3.96. The Morgan fingerprint density at radius 1 is 0.741 bits per heavy atom. The van der Waals surface area contributed by atoms with Gasteiger partial charge in [-0.1, -0.05) is 53.5 Å². The van der Waals surface area contributed by atoms with Crippen molar-refractivity contribution in [2.75, 3.05) is 10.6 Å². The molecule has 0 aromatic heterocycles. The number of benzene rings is 3. The molecule has 0 aliphatic heterocycles. The minimum Gasteiger partial charge on any atom is -0.322 e. The Balaban J connectivity index is 1.76. The molecular weight excluding hydrogens is 383 g/mol. The predicted molar refractivity (Wildman–Crippen MR) is 110 cm³/mol. The largest absolute Gasteiger partial charge is 0.322 e. The van der Waals surface area contributed by atoms with Crippen LogP contribution in [0.3, 0.4) is 0 Å². The Labute approximate surface area is 167 Å². The van der Waals surface area contributed by atoms with E-state index in [2.05, 4.69) is 10.6 Å². The standard InChI is InChI=1S/C21H16Cl2N2O2/c1-13-6-2-3-9-16(13)20(26)24-14-7-4-8-15(12-14)25-21(27)17-10-5-11-18(22)19(17)23/h2-12H,1H3,(H,24,26)(H,25,27). The average molecular weight is 399 g/mol. The maximum absolute atomic E-state index is 12.4. The molecule has 0 aliphatic carbocycles. The van der Waals surface area contributed by atoms with Gasteiger partial charge in [-0.15, -0.1) is 0 Å². The maximum atomic E-state index is 12.4. The normalized spacial score (nSPS) is 10.3. The summed E-state index contributed by atoms with van der Waals surface area (Å²) in [5.74, 6) is -0.598. The first-order chi connectivity index (χ1) is 13.0. The number of halogens is 2. The fourth-order valence-electron chi connectivity index (χ4n) is 2.58. The molecule has 3 aromatic carbocycles. The first kappa shape index (κ1) is 19.0. The molecule has 0 bridgehead atoms. The van der Waals surface area contributed by atoms with Gasteiger partial charge in [-0.2, -0.15) is 0 Å². The van der Waals surface area contributed by atoms with Crippen LogP contribution in [0.2, 0.25) is 10.0 Å². The summed E-state index contributed by atoms with van der Waals surface area (Å²) in [6, 6.07) is 19.1. The molecular formula is C21H16Cl2N2O2. The third kappa shape index (κ3) is 4.48. The summed E-state index contributed by atoms with van der Waals surface area (Å²) >= 11 is 12.0. The Morgan fingerprint density at radius 3 is 1.96 bits per heavy atom. The van der Waals surface area contributed by atoms with Crippen molar-refractivity contribution in [2.24, 2.45) is 0 Å². The van der Waals surface area contributed by atoms with Crippen LogP contribution in [0.1, 0.15) is 26.3 Å². The maximum Gasteiger partial charge on any atom is 0.257 e. The molecule has 3 rings (SSSR count). The molecule has 0 saturated heterocycles. The van der Waals surface area contributed by atoms with Crippen LogP contribution in [-0.2, 0) is 0 Å². The molecule has 0 radical (unpaired) electrons. The van der Waals surface area contributed by atoms with Gasteiger partial charge in [0.15, 0.2) is 0 Å². The second kappa shape index (κ2) is 8.25. The van der Waals surface area contributed by atoms with E-state index in [0.717, 1.165) is 5.56 Å². The van der Waals surface area contributed by atoms with Gasteiger partial charge < -0.3 is 10.6 Å². The van der Waals surface area contributed by atoms with Gasteiger partial charge in [0.05, 0.1) is 15.6 Å². The van der Waals surface area contributed by atoms with Gasteiger partial charge in [-0.3, -0.25) is 9.59 Å². The van der Waals surface area contributed by atoms with Crippen molar-refractivity contribution in [3.63, 3.8) is 0 Å². The van der Waals surface area contributed by atoms with E-state index in [4.69, 9.17) is 23.2 Å². The lowest BCUT2D eigenvalue weighted by Gasteiger charge is -2.11. The highest BCUT2D eigenvalue weighted by molar-refractivity contribution is 6.44. The van der Waals surface area contributed by atoms with E-state index in [-0.39, 0.29) is 22.4 Å². The molecule has 2 amide bonds. The lowest BCUT2D eigenvalue weighted by Crippen LogP contribution is -2.15. The van der Waals surface area contributed by atoms with Crippen LogP contribution in [0.25, 0.3) is 0 Å². The van der Waals surface area contributed by atoms with Crippen molar-refractivity contribution < 1.29 is 9.59 Å². The highest BCUT2D eigenvalue weighted by Gasteiger charge is 2.13. The molecule has 0 atom stereocenters. The molecule has 2 N–H and O–H groups in total. The minimum atomic E-state index is -0.384. The number of hydrogen-bond donors (Lipinski definition) is 2. The number of carbonyl (C=O) groups is 2. The Morgan fingerprint density at radius 2 is 1.30 bits per heavy atom. The summed E-state index contributed by atoms with van der Waals surface area (Å²) in [6.45, 7) is 1.88. The first-order valence-corrected chi connectivity index (χ1v) is 8.93. The van der Waals surface area contributed by atoms with E-state index in [1.807, 2.05) is 25.1 Å². The SMILES string of the molecule is Cc1ccccc1C(=O)Nc1cccc(NC(=O)c2cccc(Cl)c2Cl)c1. The van der Waals surface area contributed by atoms with Crippen LogP contribution in [-0.4, -0.2) is 11.8 Å². The first-order valence-electron chi connectivity index (χ1n) is 8.18. The van der Waals surface area contributed by atoms with Crippen LogP contribution in [0.15, 0.2) is 66.7 Å². The Kier molecular flexibility index (Phi) is 5.79. The molecule has 3 aromatic rings. The van der Waals surface area contributed by atoms with E-state index < -0.39 is 0 Å². The van der Waals surface area contributed by atoms with Crippen molar-refractivity contribution in [2.45, 2.75) is 6.92 Å². The molecule has 0 fully saturated rings. The van der Waals surface area contributed by atoms with Crippen LogP contribution in [0, 0.1) is 6.92 Å². The zero-order valence-corrected chi connectivity index (χ0v) is 15.9. The number of hydrogen-bond acceptors (Lipinski definition) is 2. The molecule has 0 saturated carbocycles. The van der Waals surface area contributed by atoms with Crippen molar-refractivity contribution >= 4 is 46.4 Å². The van der Waals surface area contributed by atoms with Gasteiger partial charge >= 0.3 is 0 Å². The molecule has 0 unspecified atom stereocenters. The van der Waals surface area contributed by atoms with Crippen LogP contribution in [0.4, 0.5) is 11.4 Å². The molecule has 0 heterocycles. The Bertz CT molecular complexity index is 1020. The zero-order valence-electron chi connectivity index (χ0n) is 14.4. The number of aryl methyl sites for hydroxylation is 1. The summed E-state index contributed by atoms with van der Waals surface area (Å²) in [5.41, 5.74) is 2.85. The number of anilines is 2. The fourth-order valence-corrected chi connectivity index (χ4v) is 2.96. The summed E-state index contributed by atoms with van der Waals surface area (Å²) < 4.78 is 0. The fraction of sp³-hybridized carbons (Fsp3) is 0.0476. The van der Waals surface area contributed by atoms with Crippen LogP contribution < -0.4 is 10.6 Å². The van der Waals surface area contributed by atoms with Gasteiger partial charge in [0, 0.05) is 16.9 Å². The topological polar surface area (TPSA) is 58.2 Å². The molecule has 0 spiro atoms. The molecule has 4 nitrogen and oxygen atoms in total. The molecule has 27 heavy (non-hydrogen) atoms. The molecule has 6 heteroatoms. The summed E-state index contributed by atoms with van der Waals surface area (Å²) in [4.78, 5) is 24.9. The summed E-state index contributed by atoms with van der Waals surface area (Å²) in [7, 11) is 0. The Hall–Kier alpha value is -2.82. The van der Waals surface area contributed by atoms with E-state index in [0.29, 0.717) is 22.0 Å². The van der Waals surface area contributed by atoms with Crippen LogP contribution in [0.5, 0.6) is 0 Å². The van der Waals surface area contributed by atoms with Gasteiger partial charge in [-0.25, -0.2) is 0 Å². The van der Waals surface area contributed by atoms with E-state index in [1.54, 1.807) is 48.5 Å². The molecule has 0 aliphatic rings. The molecule has 136 valence electrons. The van der Waals surface area contributed by atoms with Gasteiger partial charge in [0.1, 0.15) is 0 Å². The summed E-state index contributed by atoms with van der Waals surface area (Å²) in [6.07, 6.45) is 0. The number of carbonyl (C=O) groups excluding carboxylic acids is 2. The van der Waals surface area contributed by atoms with Crippen LogP contribution >= 0.6 is 23.2 Å². The second-order valence-electron chi connectivity index (χ2n) is 5.91. The highest BCUT2D eigenvalue weighted by Crippen LogP contribution is 2.26. The minimum absolute atomic E-state index is 0.195. The van der Waals surface area contributed by atoms with E-state index in [1.165, 1.54) is 0 Å². The van der Waals surface area contributed by atoms with Crippen molar-refractivity contribution in [1.82, 2.24) is 0 Å². The zero-order chi connectivity index (χ0) is 19.4. The van der Waals surface area contributed by atoms with Crippen molar-refractivity contribution in [1.29, 1.82) is 0 Å².